The lowest BCUT2D eigenvalue weighted by Crippen LogP contribution is -2.54. The zero-order valence-electron chi connectivity index (χ0n) is 15.7. The first-order valence-corrected chi connectivity index (χ1v) is 8.60. The summed E-state index contributed by atoms with van der Waals surface area (Å²) in [6.07, 6.45) is 5.02. The second-order valence-electron chi connectivity index (χ2n) is 6.92. The molecule has 0 N–H and O–H groups in total. The molecule has 0 spiro atoms. The number of carbonyl (C=O) groups excluding carboxylic acids is 1. The van der Waals surface area contributed by atoms with Gasteiger partial charge in [-0.2, -0.15) is 0 Å². The van der Waals surface area contributed by atoms with Crippen molar-refractivity contribution in [3.63, 3.8) is 0 Å². The van der Waals surface area contributed by atoms with Gasteiger partial charge in [-0.25, -0.2) is 4.79 Å². The van der Waals surface area contributed by atoms with Gasteiger partial charge in [0.2, 0.25) is 0 Å². The van der Waals surface area contributed by atoms with Crippen LogP contribution in [-0.4, -0.2) is 31.8 Å². The Hall–Kier alpha value is -1.97. The van der Waals surface area contributed by atoms with Crippen molar-refractivity contribution in [2.45, 2.75) is 58.5 Å². The van der Waals surface area contributed by atoms with E-state index in [0.29, 0.717) is 0 Å². The van der Waals surface area contributed by atoms with Crippen LogP contribution >= 0.6 is 0 Å². The zero-order valence-corrected chi connectivity index (χ0v) is 15.7. The van der Waals surface area contributed by atoms with E-state index < -0.39 is 0 Å². The summed E-state index contributed by atoms with van der Waals surface area (Å²) in [5.41, 5.74) is 3.11. The Morgan fingerprint density at radius 1 is 1.29 bits per heavy atom. The number of methoxy groups -OCH3 is 2. The molecular weight excluding hydrogens is 302 g/mol. The summed E-state index contributed by atoms with van der Waals surface area (Å²) in [5, 5.41) is 0. The number of ether oxygens (including phenoxy) is 2. The predicted molar refractivity (Wildman–Crippen MR) is 98.5 cm³/mol. The number of anilines is 1. The molecule has 2 rings (SSSR count). The molecule has 0 saturated carbocycles. The molecule has 0 aliphatic carbocycles. The van der Waals surface area contributed by atoms with E-state index in [1.165, 1.54) is 12.7 Å². The number of fused-ring (bicyclic) bond motifs is 1. The Kier molecular flexibility index (Phi) is 5.58. The molecule has 1 aliphatic heterocycles. The number of carbonyl (C=O) groups is 1. The fourth-order valence-corrected chi connectivity index (χ4v) is 3.61. The standard InChI is InChI=1S/C20H29NO3/c1-7-8-9-17(19(22)24-6)21-18-12-15(23-5)10-11-16(18)14(2)13-20(21,3)4/h10-13,17H,7-9H2,1-6H3/t17-/m1/s1. The summed E-state index contributed by atoms with van der Waals surface area (Å²) in [4.78, 5) is 14.7. The molecule has 1 heterocycles. The number of nitrogens with zero attached hydrogens (tertiary/aromatic N) is 1. The molecule has 0 radical (unpaired) electrons. The third-order valence-corrected chi connectivity index (χ3v) is 4.70. The Balaban J connectivity index is 2.58. The van der Waals surface area contributed by atoms with Crippen LogP contribution < -0.4 is 9.64 Å². The number of esters is 1. The van der Waals surface area contributed by atoms with Crippen LogP contribution in [0.2, 0.25) is 0 Å². The van der Waals surface area contributed by atoms with Gasteiger partial charge in [-0.05, 0) is 44.9 Å². The molecular formula is C20H29NO3. The van der Waals surface area contributed by atoms with Gasteiger partial charge in [-0.15, -0.1) is 0 Å². The van der Waals surface area contributed by atoms with Gasteiger partial charge >= 0.3 is 5.97 Å². The minimum atomic E-state index is -0.305. The number of allylic oxidation sites excluding steroid dienone is 1. The highest BCUT2D eigenvalue weighted by molar-refractivity contribution is 5.88. The molecule has 24 heavy (non-hydrogen) atoms. The van der Waals surface area contributed by atoms with Gasteiger partial charge in [0.1, 0.15) is 11.8 Å². The van der Waals surface area contributed by atoms with E-state index in [4.69, 9.17) is 9.47 Å². The summed E-state index contributed by atoms with van der Waals surface area (Å²) in [6, 6.07) is 5.75. The van der Waals surface area contributed by atoms with E-state index in [0.717, 1.165) is 36.3 Å². The second kappa shape index (κ2) is 7.29. The predicted octanol–water partition coefficient (Wildman–Crippen LogP) is 4.43. The van der Waals surface area contributed by atoms with Gasteiger partial charge in [0.25, 0.3) is 0 Å². The van der Waals surface area contributed by atoms with E-state index in [1.807, 2.05) is 12.1 Å². The molecule has 132 valence electrons. The van der Waals surface area contributed by atoms with Gasteiger partial charge in [-0.1, -0.05) is 25.8 Å². The Bertz CT molecular complexity index is 634. The van der Waals surface area contributed by atoms with Crippen molar-refractivity contribution in [2.75, 3.05) is 19.1 Å². The number of unbranched alkanes of at least 4 members (excludes halogenated alkanes) is 1. The minimum Gasteiger partial charge on any atom is -0.497 e. The molecule has 0 saturated heterocycles. The lowest BCUT2D eigenvalue weighted by molar-refractivity contribution is -0.142. The number of hydrogen-bond acceptors (Lipinski definition) is 4. The first-order chi connectivity index (χ1) is 11.4. The Morgan fingerprint density at radius 2 is 2.00 bits per heavy atom. The molecule has 4 heteroatoms. The highest BCUT2D eigenvalue weighted by atomic mass is 16.5. The average Bonchev–Trinajstić information content (AvgIpc) is 2.55. The van der Waals surface area contributed by atoms with Crippen molar-refractivity contribution < 1.29 is 14.3 Å². The SMILES string of the molecule is CCCC[C@H](C(=O)OC)N1c2cc(OC)ccc2C(C)=CC1(C)C. The van der Waals surface area contributed by atoms with Crippen LogP contribution in [0, 0.1) is 0 Å². The lowest BCUT2D eigenvalue weighted by Gasteiger charge is -2.46. The van der Waals surface area contributed by atoms with Crippen molar-refractivity contribution in [3.05, 3.63) is 29.8 Å². The van der Waals surface area contributed by atoms with Crippen molar-refractivity contribution in [3.8, 4) is 5.75 Å². The van der Waals surface area contributed by atoms with Gasteiger partial charge in [0, 0.05) is 17.3 Å². The van der Waals surface area contributed by atoms with E-state index in [1.54, 1.807) is 7.11 Å². The molecule has 0 unspecified atom stereocenters. The maximum Gasteiger partial charge on any atom is 0.328 e. The molecule has 4 nitrogen and oxygen atoms in total. The van der Waals surface area contributed by atoms with Crippen LogP contribution in [0.1, 0.15) is 52.5 Å². The molecule has 0 bridgehead atoms. The fourth-order valence-electron chi connectivity index (χ4n) is 3.61. The molecule has 1 aliphatic rings. The van der Waals surface area contributed by atoms with Crippen LogP contribution in [0.5, 0.6) is 5.75 Å². The van der Waals surface area contributed by atoms with Crippen LogP contribution in [0.4, 0.5) is 5.69 Å². The Labute approximate surface area is 145 Å². The zero-order chi connectivity index (χ0) is 17.9. The highest BCUT2D eigenvalue weighted by Crippen LogP contribution is 2.42. The molecule has 0 fully saturated rings. The summed E-state index contributed by atoms with van der Waals surface area (Å²) in [5.74, 6) is 0.613. The van der Waals surface area contributed by atoms with Crippen molar-refractivity contribution in [1.29, 1.82) is 0 Å². The molecule has 0 aromatic heterocycles. The maximum absolute atomic E-state index is 12.5. The second-order valence-corrected chi connectivity index (χ2v) is 6.92. The normalized spacial score (nSPS) is 16.9. The maximum atomic E-state index is 12.5. The summed E-state index contributed by atoms with van der Waals surface area (Å²) < 4.78 is 10.5. The van der Waals surface area contributed by atoms with Crippen molar-refractivity contribution in [2.24, 2.45) is 0 Å². The van der Waals surface area contributed by atoms with Crippen LogP contribution in [-0.2, 0) is 9.53 Å². The van der Waals surface area contributed by atoms with E-state index in [9.17, 15) is 4.79 Å². The summed E-state index contributed by atoms with van der Waals surface area (Å²) >= 11 is 0. The topological polar surface area (TPSA) is 38.8 Å². The summed E-state index contributed by atoms with van der Waals surface area (Å²) in [7, 11) is 3.13. The molecule has 1 aromatic rings. The highest BCUT2D eigenvalue weighted by Gasteiger charge is 2.39. The van der Waals surface area contributed by atoms with Gasteiger partial charge in [-0.3, -0.25) is 0 Å². The quantitative estimate of drug-likeness (QED) is 0.723. The third-order valence-electron chi connectivity index (χ3n) is 4.70. The smallest absolute Gasteiger partial charge is 0.328 e. The van der Waals surface area contributed by atoms with Gasteiger partial charge < -0.3 is 14.4 Å². The number of benzene rings is 1. The Morgan fingerprint density at radius 3 is 2.58 bits per heavy atom. The van der Waals surface area contributed by atoms with Gasteiger partial charge in [0.05, 0.1) is 19.8 Å². The average molecular weight is 331 g/mol. The third kappa shape index (κ3) is 3.42. The first-order valence-electron chi connectivity index (χ1n) is 8.60. The molecule has 1 aromatic carbocycles. The van der Waals surface area contributed by atoms with E-state index in [-0.39, 0.29) is 17.6 Å². The number of hydrogen-bond donors (Lipinski definition) is 0. The van der Waals surface area contributed by atoms with Crippen molar-refractivity contribution in [1.82, 2.24) is 0 Å². The van der Waals surface area contributed by atoms with E-state index in [2.05, 4.69) is 44.7 Å². The fraction of sp³-hybridized carbons (Fsp3) is 0.550. The van der Waals surface area contributed by atoms with Crippen molar-refractivity contribution >= 4 is 17.2 Å². The minimum absolute atomic E-state index is 0.182. The largest absolute Gasteiger partial charge is 0.497 e. The van der Waals surface area contributed by atoms with Gasteiger partial charge in [0.15, 0.2) is 0 Å². The lowest BCUT2D eigenvalue weighted by atomic mass is 9.86. The molecule has 0 amide bonds. The van der Waals surface area contributed by atoms with Crippen LogP contribution in [0.3, 0.4) is 0 Å². The molecule has 1 atom stereocenters. The first kappa shape index (κ1) is 18.4. The summed E-state index contributed by atoms with van der Waals surface area (Å²) in [6.45, 7) is 8.53. The number of rotatable bonds is 6. The van der Waals surface area contributed by atoms with E-state index >= 15 is 0 Å². The van der Waals surface area contributed by atoms with Crippen LogP contribution in [0.15, 0.2) is 24.3 Å². The monoisotopic (exact) mass is 331 g/mol. The van der Waals surface area contributed by atoms with Crippen LogP contribution in [0.25, 0.3) is 5.57 Å².